The maximum Gasteiger partial charge on any atom is 0.126 e. The van der Waals surface area contributed by atoms with Gasteiger partial charge in [0.2, 0.25) is 0 Å². The zero-order valence-corrected chi connectivity index (χ0v) is 12.9. The van der Waals surface area contributed by atoms with Crippen molar-refractivity contribution in [1.29, 1.82) is 0 Å². The molecule has 0 spiro atoms. The Hall–Kier alpha value is -1.04. The molecule has 0 saturated carbocycles. The first-order valence-electron chi connectivity index (χ1n) is 7.63. The third-order valence-corrected chi connectivity index (χ3v) is 3.43. The molecule has 5 heteroatoms. The normalized spacial score (nSPS) is 12.9. The Morgan fingerprint density at radius 3 is 2.29 bits per heavy atom. The second-order valence-electron chi connectivity index (χ2n) is 5.17. The quantitative estimate of drug-likeness (QED) is 0.697. The van der Waals surface area contributed by atoms with Crippen LogP contribution >= 0.6 is 0 Å². The standard InChI is InChI=1S/C16H26F2N2O/c1-3-6-20(8-9-21)7-5-16(19-4-2)13-10-14(17)12-15(18)11-13/h10-12,16,19,21H,3-9H2,1-2H3. The predicted molar refractivity (Wildman–Crippen MR) is 81.2 cm³/mol. The van der Waals surface area contributed by atoms with Crippen molar-refractivity contribution < 1.29 is 13.9 Å². The molecule has 21 heavy (non-hydrogen) atoms. The Labute approximate surface area is 126 Å². The molecule has 0 bridgehead atoms. The van der Waals surface area contributed by atoms with E-state index in [4.69, 9.17) is 5.11 Å². The zero-order valence-electron chi connectivity index (χ0n) is 12.9. The summed E-state index contributed by atoms with van der Waals surface area (Å²) in [5.41, 5.74) is 0.634. The second-order valence-corrected chi connectivity index (χ2v) is 5.17. The van der Waals surface area contributed by atoms with Crippen LogP contribution in [0.15, 0.2) is 18.2 Å². The number of aliphatic hydroxyl groups is 1. The van der Waals surface area contributed by atoms with Gasteiger partial charge in [0, 0.05) is 25.2 Å². The Morgan fingerprint density at radius 1 is 1.10 bits per heavy atom. The van der Waals surface area contributed by atoms with E-state index in [-0.39, 0.29) is 12.6 Å². The lowest BCUT2D eigenvalue weighted by molar-refractivity contribution is 0.189. The lowest BCUT2D eigenvalue weighted by Crippen LogP contribution is -2.32. The molecule has 1 rings (SSSR count). The highest BCUT2D eigenvalue weighted by molar-refractivity contribution is 5.21. The Bertz CT molecular complexity index is 389. The minimum atomic E-state index is -0.548. The van der Waals surface area contributed by atoms with E-state index in [0.29, 0.717) is 12.1 Å². The van der Waals surface area contributed by atoms with Crippen LogP contribution in [0.2, 0.25) is 0 Å². The van der Waals surface area contributed by atoms with Crippen molar-refractivity contribution >= 4 is 0 Å². The lowest BCUT2D eigenvalue weighted by atomic mass is 10.0. The average molecular weight is 300 g/mol. The number of nitrogens with one attached hydrogen (secondary N) is 1. The Balaban J connectivity index is 2.72. The van der Waals surface area contributed by atoms with E-state index < -0.39 is 11.6 Å². The number of hydrogen-bond acceptors (Lipinski definition) is 3. The predicted octanol–water partition coefficient (Wildman–Crippen LogP) is 2.71. The largest absolute Gasteiger partial charge is 0.395 e. The van der Waals surface area contributed by atoms with Gasteiger partial charge in [-0.2, -0.15) is 0 Å². The molecule has 0 saturated heterocycles. The summed E-state index contributed by atoms with van der Waals surface area (Å²) in [6.07, 6.45) is 1.76. The molecule has 1 aromatic rings. The molecule has 1 atom stereocenters. The van der Waals surface area contributed by atoms with Crippen LogP contribution in [0.5, 0.6) is 0 Å². The van der Waals surface area contributed by atoms with Gasteiger partial charge in [-0.3, -0.25) is 0 Å². The van der Waals surface area contributed by atoms with Gasteiger partial charge in [0.25, 0.3) is 0 Å². The number of rotatable bonds is 10. The highest BCUT2D eigenvalue weighted by atomic mass is 19.1. The molecule has 0 radical (unpaired) electrons. The number of aliphatic hydroxyl groups excluding tert-OH is 1. The van der Waals surface area contributed by atoms with Gasteiger partial charge in [-0.1, -0.05) is 13.8 Å². The van der Waals surface area contributed by atoms with E-state index in [0.717, 1.165) is 38.5 Å². The van der Waals surface area contributed by atoms with E-state index >= 15 is 0 Å². The molecular weight excluding hydrogens is 274 g/mol. The van der Waals surface area contributed by atoms with Gasteiger partial charge in [0.05, 0.1) is 6.61 Å². The molecule has 0 aromatic heterocycles. The fraction of sp³-hybridized carbons (Fsp3) is 0.625. The van der Waals surface area contributed by atoms with Crippen LogP contribution in [0.4, 0.5) is 8.78 Å². The molecule has 120 valence electrons. The Kier molecular flexibility index (Phi) is 8.42. The van der Waals surface area contributed by atoms with Crippen molar-refractivity contribution in [2.45, 2.75) is 32.7 Å². The van der Waals surface area contributed by atoms with Crippen molar-refractivity contribution in [3.8, 4) is 0 Å². The van der Waals surface area contributed by atoms with Gasteiger partial charge in [-0.25, -0.2) is 8.78 Å². The molecule has 0 aliphatic carbocycles. The van der Waals surface area contributed by atoms with E-state index in [1.807, 2.05) is 6.92 Å². The third kappa shape index (κ3) is 6.50. The van der Waals surface area contributed by atoms with E-state index in [1.165, 1.54) is 12.1 Å². The summed E-state index contributed by atoms with van der Waals surface area (Å²) in [6.45, 7) is 7.25. The van der Waals surface area contributed by atoms with Crippen molar-refractivity contribution in [2.75, 3.05) is 32.8 Å². The first-order chi connectivity index (χ1) is 10.1. The first-order valence-corrected chi connectivity index (χ1v) is 7.63. The SMILES string of the molecule is CCCN(CCO)CCC(NCC)c1cc(F)cc(F)c1. The van der Waals surface area contributed by atoms with Crippen LogP contribution in [0.1, 0.15) is 38.3 Å². The van der Waals surface area contributed by atoms with Crippen LogP contribution in [0.3, 0.4) is 0 Å². The fourth-order valence-electron chi connectivity index (χ4n) is 2.51. The summed E-state index contributed by atoms with van der Waals surface area (Å²) in [5.74, 6) is -1.10. The average Bonchev–Trinajstić information content (AvgIpc) is 2.42. The van der Waals surface area contributed by atoms with Crippen molar-refractivity contribution in [1.82, 2.24) is 10.2 Å². The van der Waals surface area contributed by atoms with E-state index in [1.54, 1.807) is 0 Å². The molecule has 0 heterocycles. The summed E-state index contributed by atoms with van der Waals surface area (Å²) in [5, 5.41) is 12.3. The van der Waals surface area contributed by atoms with Crippen LogP contribution in [0, 0.1) is 11.6 Å². The molecule has 1 aromatic carbocycles. The zero-order chi connectivity index (χ0) is 15.7. The molecular formula is C16H26F2N2O. The second kappa shape index (κ2) is 9.82. The fourth-order valence-corrected chi connectivity index (χ4v) is 2.51. The number of benzene rings is 1. The van der Waals surface area contributed by atoms with Crippen molar-refractivity contribution in [3.63, 3.8) is 0 Å². The molecule has 0 fully saturated rings. The highest BCUT2D eigenvalue weighted by Crippen LogP contribution is 2.20. The van der Waals surface area contributed by atoms with Gasteiger partial charge in [-0.15, -0.1) is 0 Å². The van der Waals surface area contributed by atoms with E-state index in [2.05, 4.69) is 17.1 Å². The lowest BCUT2D eigenvalue weighted by Gasteiger charge is -2.25. The third-order valence-electron chi connectivity index (χ3n) is 3.43. The van der Waals surface area contributed by atoms with E-state index in [9.17, 15) is 8.78 Å². The minimum Gasteiger partial charge on any atom is -0.395 e. The Morgan fingerprint density at radius 2 is 1.76 bits per heavy atom. The number of nitrogens with zero attached hydrogens (tertiary/aromatic N) is 1. The van der Waals surface area contributed by atoms with Gasteiger partial charge < -0.3 is 15.3 Å². The first kappa shape index (κ1) is 18.0. The number of hydrogen-bond donors (Lipinski definition) is 2. The minimum absolute atomic E-state index is 0.0850. The monoisotopic (exact) mass is 300 g/mol. The van der Waals surface area contributed by atoms with Gasteiger partial charge in [-0.05, 0) is 43.6 Å². The van der Waals surface area contributed by atoms with Crippen LogP contribution < -0.4 is 5.32 Å². The highest BCUT2D eigenvalue weighted by Gasteiger charge is 2.14. The molecule has 0 aliphatic rings. The molecule has 0 amide bonds. The van der Waals surface area contributed by atoms with Crippen LogP contribution in [-0.4, -0.2) is 42.8 Å². The molecule has 3 nitrogen and oxygen atoms in total. The summed E-state index contributed by atoms with van der Waals surface area (Å²) >= 11 is 0. The molecule has 0 aliphatic heterocycles. The maximum absolute atomic E-state index is 13.4. The topological polar surface area (TPSA) is 35.5 Å². The summed E-state index contributed by atoms with van der Waals surface area (Å²) in [4.78, 5) is 2.17. The summed E-state index contributed by atoms with van der Waals surface area (Å²) < 4.78 is 26.7. The smallest absolute Gasteiger partial charge is 0.126 e. The van der Waals surface area contributed by atoms with Crippen LogP contribution in [0.25, 0.3) is 0 Å². The van der Waals surface area contributed by atoms with Crippen molar-refractivity contribution in [2.24, 2.45) is 0 Å². The molecule has 1 unspecified atom stereocenters. The van der Waals surface area contributed by atoms with Gasteiger partial charge in [0.1, 0.15) is 11.6 Å². The summed E-state index contributed by atoms with van der Waals surface area (Å²) in [7, 11) is 0. The molecule has 2 N–H and O–H groups in total. The van der Waals surface area contributed by atoms with Gasteiger partial charge >= 0.3 is 0 Å². The van der Waals surface area contributed by atoms with Gasteiger partial charge in [0.15, 0.2) is 0 Å². The van der Waals surface area contributed by atoms with Crippen molar-refractivity contribution in [3.05, 3.63) is 35.4 Å². The number of halogens is 2. The van der Waals surface area contributed by atoms with Crippen LogP contribution in [-0.2, 0) is 0 Å². The summed E-state index contributed by atoms with van der Waals surface area (Å²) in [6, 6.07) is 3.57. The maximum atomic E-state index is 13.4.